The first-order valence-corrected chi connectivity index (χ1v) is 7.19. The number of carboxylic acid groups (broad SMARTS) is 1. The molecule has 2 N–H and O–H groups in total. The molecule has 17 heavy (non-hydrogen) atoms. The van der Waals surface area contributed by atoms with Crippen molar-refractivity contribution in [3.63, 3.8) is 0 Å². The van der Waals surface area contributed by atoms with Crippen molar-refractivity contribution >= 4 is 16.0 Å². The highest BCUT2D eigenvalue weighted by Gasteiger charge is 2.24. The smallest absolute Gasteiger partial charge is 0.321 e. The summed E-state index contributed by atoms with van der Waals surface area (Å²) < 4.78 is 30.4. The highest BCUT2D eigenvalue weighted by molar-refractivity contribution is 7.89. The number of methoxy groups -OCH3 is 1. The van der Waals surface area contributed by atoms with Crippen molar-refractivity contribution in [3.05, 3.63) is 0 Å². The van der Waals surface area contributed by atoms with Gasteiger partial charge in [-0.2, -0.15) is 0 Å². The summed E-state index contributed by atoms with van der Waals surface area (Å²) in [4.78, 5) is 10.8. The molecule has 0 saturated heterocycles. The predicted molar refractivity (Wildman–Crippen MR) is 64.3 cm³/mol. The maximum Gasteiger partial charge on any atom is 0.321 e. The van der Waals surface area contributed by atoms with Gasteiger partial charge in [-0.15, -0.1) is 0 Å². The summed E-state index contributed by atoms with van der Waals surface area (Å²) >= 11 is 0. The second-order valence-corrected chi connectivity index (χ2v) is 5.94. The van der Waals surface area contributed by atoms with Gasteiger partial charge in [-0.05, 0) is 12.3 Å². The number of hydrogen-bond donors (Lipinski definition) is 2. The summed E-state index contributed by atoms with van der Waals surface area (Å²) in [7, 11) is -2.09. The van der Waals surface area contributed by atoms with Crippen LogP contribution in [0.5, 0.6) is 0 Å². The summed E-state index contributed by atoms with van der Waals surface area (Å²) in [5.41, 5.74) is 0. The Morgan fingerprint density at radius 3 is 2.47 bits per heavy atom. The van der Waals surface area contributed by atoms with Crippen LogP contribution < -0.4 is 4.72 Å². The molecule has 6 nitrogen and oxygen atoms in total. The molecule has 0 spiro atoms. The lowest BCUT2D eigenvalue weighted by Gasteiger charge is -2.16. The van der Waals surface area contributed by atoms with Gasteiger partial charge >= 0.3 is 5.97 Å². The quantitative estimate of drug-likeness (QED) is 0.632. The van der Waals surface area contributed by atoms with Crippen LogP contribution in [0, 0.1) is 5.92 Å². The molecule has 0 bridgehead atoms. The van der Waals surface area contributed by atoms with Crippen molar-refractivity contribution in [1.82, 2.24) is 4.72 Å². The van der Waals surface area contributed by atoms with Crippen molar-refractivity contribution in [2.75, 3.05) is 19.5 Å². The molecule has 0 aromatic heterocycles. The van der Waals surface area contributed by atoms with Crippen LogP contribution in [-0.2, 0) is 19.6 Å². The fourth-order valence-corrected chi connectivity index (χ4v) is 3.09. The SMILES string of the molecule is CCCC(NS(=O)(=O)CC(C)COC)C(=O)O. The first-order chi connectivity index (χ1) is 7.82. The number of carboxylic acids is 1. The van der Waals surface area contributed by atoms with Gasteiger partial charge in [0.1, 0.15) is 6.04 Å². The minimum atomic E-state index is -3.58. The Bertz CT molecular complexity index is 328. The molecule has 0 radical (unpaired) electrons. The predicted octanol–water partition coefficient (Wildman–Crippen LogP) is 0.442. The molecule has 0 aromatic carbocycles. The molecular formula is C10H21NO5S. The van der Waals surface area contributed by atoms with Gasteiger partial charge in [-0.1, -0.05) is 20.3 Å². The molecule has 0 amide bonds. The molecule has 2 atom stereocenters. The van der Waals surface area contributed by atoms with Crippen molar-refractivity contribution in [1.29, 1.82) is 0 Å². The van der Waals surface area contributed by atoms with E-state index in [1.807, 2.05) is 0 Å². The Hall–Kier alpha value is -0.660. The average Bonchev–Trinajstić information content (AvgIpc) is 2.15. The highest BCUT2D eigenvalue weighted by Crippen LogP contribution is 2.04. The van der Waals surface area contributed by atoms with E-state index < -0.39 is 22.0 Å². The lowest BCUT2D eigenvalue weighted by atomic mass is 10.2. The lowest BCUT2D eigenvalue weighted by molar-refractivity contribution is -0.139. The zero-order valence-corrected chi connectivity index (χ0v) is 11.3. The van der Waals surface area contributed by atoms with Gasteiger partial charge in [0.15, 0.2) is 0 Å². The molecule has 0 aliphatic rings. The molecule has 0 fully saturated rings. The van der Waals surface area contributed by atoms with E-state index in [0.29, 0.717) is 13.0 Å². The fourth-order valence-electron chi connectivity index (χ4n) is 1.49. The maximum absolute atomic E-state index is 11.7. The van der Waals surface area contributed by atoms with Crippen LogP contribution in [0.4, 0.5) is 0 Å². The van der Waals surface area contributed by atoms with Gasteiger partial charge in [0.2, 0.25) is 10.0 Å². The lowest BCUT2D eigenvalue weighted by Crippen LogP contribution is -2.42. The summed E-state index contributed by atoms with van der Waals surface area (Å²) in [6.07, 6.45) is 0.889. The minimum Gasteiger partial charge on any atom is -0.480 e. The van der Waals surface area contributed by atoms with Crippen LogP contribution in [-0.4, -0.2) is 45.0 Å². The molecule has 0 saturated carbocycles. The molecule has 0 aliphatic carbocycles. The average molecular weight is 267 g/mol. The number of ether oxygens (including phenoxy) is 1. The third kappa shape index (κ3) is 7.30. The normalized spacial score (nSPS) is 15.5. The Kier molecular flexibility index (Phi) is 7.33. The van der Waals surface area contributed by atoms with E-state index in [4.69, 9.17) is 9.84 Å². The summed E-state index contributed by atoms with van der Waals surface area (Å²) in [6.45, 7) is 3.86. The van der Waals surface area contributed by atoms with Crippen LogP contribution >= 0.6 is 0 Å². The standard InChI is InChI=1S/C10H21NO5S/c1-4-5-9(10(12)13)11-17(14,15)7-8(2)6-16-3/h8-9,11H,4-7H2,1-3H3,(H,12,13). The Balaban J connectivity index is 4.45. The van der Waals surface area contributed by atoms with Crippen LogP contribution in [0.1, 0.15) is 26.7 Å². The second-order valence-electron chi connectivity index (χ2n) is 4.14. The fraction of sp³-hybridized carbons (Fsp3) is 0.900. The first-order valence-electron chi connectivity index (χ1n) is 5.54. The molecular weight excluding hydrogens is 246 g/mol. The van der Waals surface area contributed by atoms with E-state index in [-0.39, 0.29) is 18.1 Å². The number of sulfonamides is 1. The Labute approximate surface area is 102 Å². The second kappa shape index (κ2) is 7.62. The van der Waals surface area contributed by atoms with Gasteiger partial charge < -0.3 is 9.84 Å². The monoisotopic (exact) mass is 267 g/mol. The summed E-state index contributed by atoms with van der Waals surface area (Å²) in [6, 6.07) is -1.04. The van der Waals surface area contributed by atoms with Crippen LogP contribution in [0.15, 0.2) is 0 Å². The van der Waals surface area contributed by atoms with E-state index in [1.165, 1.54) is 7.11 Å². The minimum absolute atomic E-state index is 0.131. The molecule has 0 aromatic rings. The number of carbonyl (C=O) groups is 1. The summed E-state index contributed by atoms with van der Waals surface area (Å²) in [5, 5.41) is 8.85. The zero-order valence-electron chi connectivity index (χ0n) is 10.5. The highest BCUT2D eigenvalue weighted by atomic mass is 32.2. The van der Waals surface area contributed by atoms with Crippen LogP contribution in [0.2, 0.25) is 0 Å². The Morgan fingerprint density at radius 1 is 1.47 bits per heavy atom. The van der Waals surface area contributed by atoms with Crippen molar-refractivity contribution in [3.8, 4) is 0 Å². The number of rotatable bonds is 9. The largest absolute Gasteiger partial charge is 0.480 e. The topological polar surface area (TPSA) is 92.7 Å². The summed E-state index contributed by atoms with van der Waals surface area (Å²) in [5.74, 6) is -1.45. The third-order valence-corrected chi connectivity index (χ3v) is 3.80. The molecule has 0 heterocycles. The molecule has 2 unspecified atom stereocenters. The molecule has 7 heteroatoms. The molecule has 0 rings (SSSR count). The van der Waals surface area contributed by atoms with E-state index in [1.54, 1.807) is 13.8 Å². The van der Waals surface area contributed by atoms with Gasteiger partial charge in [0, 0.05) is 13.7 Å². The van der Waals surface area contributed by atoms with Gasteiger partial charge in [-0.3, -0.25) is 4.79 Å². The number of nitrogens with one attached hydrogen (secondary N) is 1. The Morgan fingerprint density at radius 2 is 2.06 bits per heavy atom. The first kappa shape index (κ1) is 16.3. The van der Waals surface area contributed by atoms with E-state index in [9.17, 15) is 13.2 Å². The third-order valence-electron chi connectivity index (χ3n) is 2.15. The van der Waals surface area contributed by atoms with Gasteiger partial charge in [-0.25, -0.2) is 13.1 Å². The van der Waals surface area contributed by atoms with Crippen molar-refractivity contribution < 1.29 is 23.1 Å². The van der Waals surface area contributed by atoms with Gasteiger partial charge in [0.05, 0.1) is 5.75 Å². The zero-order chi connectivity index (χ0) is 13.5. The van der Waals surface area contributed by atoms with Crippen molar-refractivity contribution in [2.45, 2.75) is 32.7 Å². The van der Waals surface area contributed by atoms with Crippen molar-refractivity contribution in [2.24, 2.45) is 5.92 Å². The van der Waals surface area contributed by atoms with Gasteiger partial charge in [0.25, 0.3) is 0 Å². The number of aliphatic carboxylic acids is 1. The van der Waals surface area contributed by atoms with E-state index in [0.717, 1.165) is 0 Å². The number of hydrogen-bond acceptors (Lipinski definition) is 4. The van der Waals surface area contributed by atoms with Crippen LogP contribution in [0.25, 0.3) is 0 Å². The maximum atomic E-state index is 11.7. The molecule has 0 aliphatic heterocycles. The van der Waals surface area contributed by atoms with E-state index in [2.05, 4.69) is 4.72 Å². The van der Waals surface area contributed by atoms with Crippen LogP contribution in [0.3, 0.4) is 0 Å². The molecule has 102 valence electrons. The van der Waals surface area contributed by atoms with E-state index >= 15 is 0 Å².